The molecule has 126 valence electrons. The molecular weight excluding hydrogens is 326 g/mol. The van der Waals surface area contributed by atoms with Crippen molar-refractivity contribution >= 4 is 16.9 Å². The van der Waals surface area contributed by atoms with Crippen LogP contribution in [-0.2, 0) is 6.42 Å². The van der Waals surface area contributed by atoms with Crippen LogP contribution in [0.4, 0.5) is 0 Å². The van der Waals surface area contributed by atoms with Crippen LogP contribution in [0, 0.1) is 0 Å². The molecule has 0 aromatic carbocycles. The topological polar surface area (TPSA) is 83.6 Å². The highest BCUT2D eigenvalue weighted by Crippen LogP contribution is 2.27. The number of fused-ring (bicyclic) bond motifs is 2. The van der Waals surface area contributed by atoms with Gasteiger partial charge in [0.15, 0.2) is 5.65 Å². The molecule has 0 saturated heterocycles. The maximum absolute atomic E-state index is 12.0. The van der Waals surface area contributed by atoms with Crippen LogP contribution in [0.2, 0.25) is 0 Å². The molecule has 1 amide bonds. The van der Waals surface area contributed by atoms with Gasteiger partial charge in [-0.25, -0.2) is 9.97 Å². The lowest BCUT2D eigenvalue weighted by molar-refractivity contribution is 0.0946. The fraction of sp³-hybridized carbons (Fsp3) is 0.100. The first kappa shape index (κ1) is 14.8. The minimum Gasteiger partial charge on any atom is -0.358 e. The second-order valence-electron chi connectivity index (χ2n) is 6.26. The van der Waals surface area contributed by atoms with E-state index in [0.29, 0.717) is 12.2 Å². The van der Waals surface area contributed by atoms with Gasteiger partial charge in [0.25, 0.3) is 5.91 Å². The molecule has 5 heterocycles. The zero-order chi connectivity index (χ0) is 17.5. The Kier molecular flexibility index (Phi) is 3.28. The minimum atomic E-state index is -0.0229. The van der Waals surface area contributed by atoms with Gasteiger partial charge >= 0.3 is 0 Å². The van der Waals surface area contributed by atoms with E-state index in [1.54, 1.807) is 12.4 Å². The summed E-state index contributed by atoms with van der Waals surface area (Å²) in [6.45, 7) is 0.668. The highest BCUT2D eigenvalue weighted by Gasteiger charge is 2.20. The molecule has 6 heteroatoms. The number of nitrogens with one attached hydrogen (secondary N) is 2. The van der Waals surface area contributed by atoms with Crippen molar-refractivity contribution in [3.8, 4) is 22.6 Å². The van der Waals surface area contributed by atoms with Crippen LogP contribution in [0.25, 0.3) is 33.7 Å². The Hall–Kier alpha value is -3.54. The number of hydrogen-bond donors (Lipinski definition) is 2. The molecule has 0 aliphatic carbocycles. The number of aromatic amines is 1. The summed E-state index contributed by atoms with van der Waals surface area (Å²) in [6, 6.07) is 13.6. The monoisotopic (exact) mass is 341 g/mol. The van der Waals surface area contributed by atoms with Crippen molar-refractivity contribution < 1.29 is 4.79 Å². The van der Waals surface area contributed by atoms with Gasteiger partial charge in [-0.1, -0.05) is 0 Å². The van der Waals surface area contributed by atoms with Crippen LogP contribution in [-0.4, -0.2) is 32.4 Å². The van der Waals surface area contributed by atoms with E-state index in [1.165, 1.54) is 0 Å². The maximum Gasteiger partial charge on any atom is 0.253 e. The third-order valence-electron chi connectivity index (χ3n) is 4.60. The van der Waals surface area contributed by atoms with Crippen molar-refractivity contribution in [3.05, 3.63) is 66.1 Å². The standard InChI is InChI=1S/C20H15N5O/c26-20-14-11-17(24-15(14)6-9-23-20)13-5-8-21-18(10-13)16-4-3-12-2-1-7-22-19(12)25-16/h1-5,7-8,10-11,24H,6,9H2,(H,23,26). The first-order valence-electron chi connectivity index (χ1n) is 8.46. The predicted molar refractivity (Wildman–Crippen MR) is 98.6 cm³/mol. The number of carbonyl (C=O) groups is 1. The minimum absolute atomic E-state index is 0.0229. The van der Waals surface area contributed by atoms with Gasteiger partial charge in [0.2, 0.25) is 0 Å². The van der Waals surface area contributed by atoms with Gasteiger partial charge in [-0.2, -0.15) is 0 Å². The number of aromatic nitrogens is 4. The number of hydrogen-bond acceptors (Lipinski definition) is 4. The molecule has 5 rings (SSSR count). The molecule has 0 radical (unpaired) electrons. The molecule has 0 fully saturated rings. The summed E-state index contributed by atoms with van der Waals surface area (Å²) in [5.41, 5.74) is 5.82. The molecule has 4 aromatic rings. The Morgan fingerprint density at radius 2 is 1.92 bits per heavy atom. The zero-order valence-corrected chi connectivity index (χ0v) is 13.9. The van der Waals surface area contributed by atoms with Gasteiger partial charge in [-0.3, -0.25) is 9.78 Å². The van der Waals surface area contributed by atoms with Crippen LogP contribution in [0.1, 0.15) is 16.1 Å². The third-order valence-corrected chi connectivity index (χ3v) is 4.60. The average molecular weight is 341 g/mol. The van der Waals surface area contributed by atoms with E-state index >= 15 is 0 Å². The second-order valence-corrected chi connectivity index (χ2v) is 6.26. The first-order chi connectivity index (χ1) is 12.8. The van der Waals surface area contributed by atoms with E-state index in [0.717, 1.165) is 45.7 Å². The highest BCUT2D eigenvalue weighted by atomic mass is 16.1. The number of carbonyl (C=O) groups excluding carboxylic acids is 1. The Balaban J connectivity index is 1.57. The molecule has 1 aliphatic rings. The Morgan fingerprint density at radius 1 is 0.962 bits per heavy atom. The van der Waals surface area contributed by atoms with Gasteiger partial charge in [0.1, 0.15) is 0 Å². The normalized spacial score (nSPS) is 13.5. The number of amides is 1. The van der Waals surface area contributed by atoms with Crippen LogP contribution < -0.4 is 5.32 Å². The number of pyridine rings is 3. The molecule has 1 aliphatic heterocycles. The van der Waals surface area contributed by atoms with Crippen molar-refractivity contribution in [1.29, 1.82) is 0 Å². The summed E-state index contributed by atoms with van der Waals surface area (Å²) in [4.78, 5) is 28.7. The molecule has 0 unspecified atom stereocenters. The lowest BCUT2D eigenvalue weighted by Gasteiger charge is -2.10. The van der Waals surface area contributed by atoms with Crippen molar-refractivity contribution in [3.63, 3.8) is 0 Å². The summed E-state index contributed by atoms with van der Waals surface area (Å²) < 4.78 is 0. The Bertz CT molecular complexity index is 1150. The van der Waals surface area contributed by atoms with Crippen molar-refractivity contribution in [2.75, 3.05) is 6.54 Å². The summed E-state index contributed by atoms with van der Waals surface area (Å²) in [5.74, 6) is -0.0229. The molecular formula is C20H15N5O. The largest absolute Gasteiger partial charge is 0.358 e. The SMILES string of the molecule is O=C1NCCc2[nH]c(-c3ccnc(-c4ccc5cccnc5n4)c3)cc21. The van der Waals surface area contributed by atoms with Gasteiger partial charge in [-0.05, 0) is 42.5 Å². The van der Waals surface area contributed by atoms with E-state index in [9.17, 15) is 4.79 Å². The van der Waals surface area contributed by atoms with Gasteiger partial charge in [0, 0.05) is 47.7 Å². The molecule has 6 nitrogen and oxygen atoms in total. The van der Waals surface area contributed by atoms with E-state index in [-0.39, 0.29) is 5.91 Å². The summed E-state index contributed by atoms with van der Waals surface area (Å²) in [6.07, 6.45) is 4.31. The van der Waals surface area contributed by atoms with Crippen molar-refractivity contribution in [2.45, 2.75) is 6.42 Å². The molecule has 0 bridgehead atoms. The number of nitrogens with zero attached hydrogens (tertiary/aromatic N) is 3. The van der Waals surface area contributed by atoms with Gasteiger partial charge < -0.3 is 10.3 Å². The molecule has 26 heavy (non-hydrogen) atoms. The molecule has 0 spiro atoms. The molecule has 0 saturated carbocycles. The average Bonchev–Trinajstić information content (AvgIpc) is 3.14. The quantitative estimate of drug-likeness (QED) is 0.587. The van der Waals surface area contributed by atoms with Crippen LogP contribution >= 0.6 is 0 Å². The van der Waals surface area contributed by atoms with Crippen LogP contribution in [0.5, 0.6) is 0 Å². The first-order valence-corrected chi connectivity index (χ1v) is 8.46. The van der Waals surface area contributed by atoms with Crippen molar-refractivity contribution in [2.24, 2.45) is 0 Å². The van der Waals surface area contributed by atoms with Crippen LogP contribution in [0.15, 0.2) is 54.9 Å². The van der Waals surface area contributed by atoms with E-state index < -0.39 is 0 Å². The fourth-order valence-corrected chi connectivity index (χ4v) is 3.28. The van der Waals surface area contributed by atoms with E-state index in [4.69, 9.17) is 0 Å². The van der Waals surface area contributed by atoms with Crippen molar-refractivity contribution in [1.82, 2.24) is 25.3 Å². The lowest BCUT2D eigenvalue weighted by atomic mass is 10.1. The predicted octanol–water partition coefficient (Wildman–Crippen LogP) is 2.97. The lowest BCUT2D eigenvalue weighted by Crippen LogP contribution is -2.31. The summed E-state index contributed by atoms with van der Waals surface area (Å²) in [7, 11) is 0. The molecule has 0 atom stereocenters. The Morgan fingerprint density at radius 3 is 2.85 bits per heavy atom. The third kappa shape index (κ3) is 2.43. The highest BCUT2D eigenvalue weighted by molar-refractivity contribution is 5.97. The van der Waals surface area contributed by atoms with E-state index in [2.05, 4.69) is 25.3 Å². The number of H-pyrrole nitrogens is 1. The molecule has 2 N–H and O–H groups in total. The fourth-order valence-electron chi connectivity index (χ4n) is 3.28. The second kappa shape index (κ2) is 5.77. The van der Waals surface area contributed by atoms with Gasteiger partial charge in [0.05, 0.1) is 17.0 Å². The molecule has 4 aromatic heterocycles. The number of rotatable bonds is 2. The summed E-state index contributed by atoms with van der Waals surface area (Å²) in [5, 5.41) is 3.86. The maximum atomic E-state index is 12.0. The van der Waals surface area contributed by atoms with Crippen LogP contribution in [0.3, 0.4) is 0 Å². The summed E-state index contributed by atoms with van der Waals surface area (Å²) >= 11 is 0. The zero-order valence-electron chi connectivity index (χ0n) is 13.9. The van der Waals surface area contributed by atoms with E-state index in [1.807, 2.05) is 42.5 Å². The smallest absolute Gasteiger partial charge is 0.253 e. The Labute approximate surface area is 149 Å². The van der Waals surface area contributed by atoms with Gasteiger partial charge in [-0.15, -0.1) is 0 Å².